The minimum absolute atomic E-state index is 0.244. The zero-order chi connectivity index (χ0) is 18.7. The first-order valence-electron chi connectivity index (χ1n) is 7.82. The van der Waals surface area contributed by atoms with Crippen LogP contribution in [0.2, 0.25) is 0 Å². The number of aryl methyl sites for hydroxylation is 1. The Morgan fingerprint density at radius 2 is 1.77 bits per heavy atom. The predicted octanol–water partition coefficient (Wildman–Crippen LogP) is 2.92. The summed E-state index contributed by atoms with van der Waals surface area (Å²) < 4.78 is 5.08. The second-order valence-corrected chi connectivity index (χ2v) is 5.66. The van der Waals surface area contributed by atoms with Crippen molar-refractivity contribution in [2.45, 2.75) is 6.92 Å². The molecule has 7 nitrogen and oxygen atoms in total. The predicted molar refractivity (Wildman–Crippen MR) is 96.7 cm³/mol. The van der Waals surface area contributed by atoms with Gasteiger partial charge in [-0.15, -0.1) is 0 Å². The van der Waals surface area contributed by atoms with Crippen LogP contribution < -0.4 is 15.5 Å². The SMILES string of the molecule is COc1ccc(C(=O)Nc2ccc3cc(C(=O)NO)cnc3c2C)cc1. The van der Waals surface area contributed by atoms with Crippen LogP contribution in [-0.2, 0) is 0 Å². The first-order chi connectivity index (χ1) is 12.5. The van der Waals surface area contributed by atoms with Gasteiger partial charge in [0.25, 0.3) is 11.8 Å². The summed E-state index contributed by atoms with van der Waals surface area (Å²) in [6.45, 7) is 1.84. The van der Waals surface area contributed by atoms with Crippen molar-refractivity contribution in [2.24, 2.45) is 0 Å². The summed E-state index contributed by atoms with van der Waals surface area (Å²) in [4.78, 5) is 28.2. The van der Waals surface area contributed by atoms with Crippen molar-refractivity contribution in [3.63, 3.8) is 0 Å². The first-order valence-corrected chi connectivity index (χ1v) is 7.82. The summed E-state index contributed by atoms with van der Waals surface area (Å²) in [6.07, 6.45) is 1.37. The lowest BCUT2D eigenvalue weighted by molar-refractivity contribution is 0.0706. The molecule has 0 spiro atoms. The molecule has 1 heterocycles. The molecule has 26 heavy (non-hydrogen) atoms. The second-order valence-electron chi connectivity index (χ2n) is 5.66. The Hall–Kier alpha value is -3.45. The first kappa shape index (κ1) is 17.4. The molecule has 0 radical (unpaired) electrons. The molecule has 3 rings (SSSR count). The van der Waals surface area contributed by atoms with Crippen molar-refractivity contribution < 1.29 is 19.5 Å². The summed E-state index contributed by atoms with van der Waals surface area (Å²) >= 11 is 0. The van der Waals surface area contributed by atoms with Gasteiger partial charge >= 0.3 is 0 Å². The summed E-state index contributed by atoms with van der Waals surface area (Å²) in [7, 11) is 1.57. The number of nitrogens with zero attached hydrogens (tertiary/aromatic N) is 1. The highest BCUT2D eigenvalue weighted by atomic mass is 16.5. The third kappa shape index (κ3) is 3.33. The Morgan fingerprint density at radius 1 is 1.04 bits per heavy atom. The molecule has 0 bridgehead atoms. The van der Waals surface area contributed by atoms with Crippen molar-refractivity contribution in [3.8, 4) is 5.75 Å². The van der Waals surface area contributed by atoms with Crippen molar-refractivity contribution in [1.29, 1.82) is 0 Å². The van der Waals surface area contributed by atoms with Gasteiger partial charge in [0.15, 0.2) is 0 Å². The van der Waals surface area contributed by atoms with E-state index >= 15 is 0 Å². The lowest BCUT2D eigenvalue weighted by atomic mass is 10.1. The van der Waals surface area contributed by atoms with Crippen LogP contribution in [0.4, 0.5) is 5.69 Å². The normalized spacial score (nSPS) is 10.4. The van der Waals surface area contributed by atoms with Gasteiger partial charge in [0.2, 0.25) is 0 Å². The maximum Gasteiger partial charge on any atom is 0.276 e. The van der Waals surface area contributed by atoms with E-state index in [2.05, 4.69) is 10.3 Å². The molecule has 0 saturated carbocycles. The van der Waals surface area contributed by atoms with Gasteiger partial charge in [-0.1, -0.05) is 6.07 Å². The van der Waals surface area contributed by atoms with E-state index < -0.39 is 5.91 Å². The van der Waals surface area contributed by atoms with Crippen LogP contribution in [0.15, 0.2) is 48.7 Å². The molecule has 0 aliphatic rings. The summed E-state index contributed by atoms with van der Waals surface area (Å²) in [5, 5.41) is 12.3. The summed E-state index contributed by atoms with van der Waals surface area (Å²) in [6, 6.07) is 11.9. The Labute approximate surface area is 149 Å². The van der Waals surface area contributed by atoms with Crippen LogP contribution in [0, 0.1) is 6.92 Å². The Morgan fingerprint density at radius 3 is 2.42 bits per heavy atom. The smallest absolute Gasteiger partial charge is 0.276 e. The van der Waals surface area contributed by atoms with Crippen LogP contribution in [0.3, 0.4) is 0 Å². The molecule has 0 saturated heterocycles. The number of hydrogen-bond acceptors (Lipinski definition) is 5. The number of ether oxygens (including phenoxy) is 1. The standard InChI is InChI=1S/C19H17N3O4/c1-11-16(21-18(23)12-3-6-15(26-2)7-4-12)8-5-13-9-14(19(24)22-25)10-20-17(11)13/h3-10,25H,1-2H3,(H,21,23)(H,22,24). The van der Waals surface area contributed by atoms with Crippen LogP contribution in [-0.4, -0.2) is 29.1 Å². The monoisotopic (exact) mass is 351 g/mol. The van der Waals surface area contributed by atoms with Gasteiger partial charge in [-0.2, -0.15) is 0 Å². The number of aromatic nitrogens is 1. The molecule has 3 aromatic rings. The van der Waals surface area contributed by atoms with E-state index in [-0.39, 0.29) is 11.5 Å². The number of rotatable bonds is 4. The number of anilines is 1. The fraction of sp³-hybridized carbons (Fsp3) is 0.105. The average molecular weight is 351 g/mol. The molecule has 7 heteroatoms. The Balaban J connectivity index is 1.89. The highest BCUT2D eigenvalue weighted by Crippen LogP contribution is 2.25. The van der Waals surface area contributed by atoms with Crippen molar-refractivity contribution >= 4 is 28.4 Å². The number of methoxy groups -OCH3 is 1. The number of benzene rings is 2. The fourth-order valence-electron chi connectivity index (χ4n) is 2.61. The molecule has 3 N–H and O–H groups in total. The minimum Gasteiger partial charge on any atom is -0.497 e. The van der Waals surface area contributed by atoms with E-state index in [0.29, 0.717) is 22.5 Å². The number of pyridine rings is 1. The van der Waals surface area contributed by atoms with Crippen molar-refractivity contribution in [1.82, 2.24) is 10.5 Å². The number of carbonyl (C=O) groups is 2. The molecular formula is C19H17N3O4. The second kappa shape index (κ2) is 7.20. The molecule has 0 atom stereocenters. The van der Waals surface area contributed by atoms with E-state index in [1.807, 2.05) is 6.92 Å². The maximum atomic E-state index is 12.4. The Bertz CT molecular complexity index is 984. The van der Waals surface area contributed by atoms with Crippen LogP contribution in [0.25, 0.3) is 10.9 Å². The number of fused-ring (bicyclic) bond motifs is 1. The number of amides is 2. The molecule has 132 valence electrons. The highest BCUT2D eigenvalue weighted by Gasteiger charge is 2.12. The summed E-state index contributed by atoms with van der Waals surface area (Å²) in [5.41, 5.74) is 4.40. The van der Waals surface area contributed by atoms with Gasteiger partial charge in [-0.25, -0.2) is 5.48 Å². The van der Waals surface area contributed by atoms with E-state index in [9.17, 15) is 9.59 Å². The lowest BCUT2D eigenvalue weighted by Crippen LogP contribution is -2.18. The van der Waals surface area contributed by atoms with Crippen LogP contribution in [0.5, 0.6) is 5.75 Å². The minimum atomic E-state index is -0.631. The topological polar surface area (TPSA) is 101 Å². The number of nitrogens with one attached hydrogen (secondary N) is 2. The van der Waals surface area contributed by atoms with Gasteiger partial charge in [0.1, 0.15) is 5.75 Å². The highest BCUT2D eigenvalue weighted by molar-refractivity contribution is 6.06. The lowest BCUT2D eigenvalue weighted by Gasteiger charge is -2.11. The van der Waals surface area contributed by atoms with E-state index in [1.165, 1.54) is 6.20 Å². The largest absolute Gasteiger partial charge is 0.497 e. The van der Waals surface area contributed by atoms with Gasteiger partial charge < -0.3 is 10.1 Å². The number of hydrogen-bond donors (Lipinski definition) is 3. The third-order valence-electron chi connectivity index (χ3n) is 4.07. The Kier molecular flexibility index (Phi) is 4.81. The van der Waals surface area contributed by atoms with Crippen LogP contribution in [0.1, 0.15) is 26.3 Å². The maximum absolute atomic E-state index is 12.4. The molecule has 2 amide bonds. The van der Waals surface area contributed by atoms with Crippen molar-refractivity contribution in [2.75, 3.05) is 12.4 Å². The zero-order valence-corrected chi connectivity index (χ0v) is 14.2. The van der Waals surface area contributed by atoms with Gasteiger partial charge in [-0.3, -0.25) is 19.8 Å². The molecule has 0 aliphatic heterocycles. The molecule has 0 aliphatic carbocycles. The number of carbonyl (C=O) groups excluding carboxylic acids is 2. The van der Waals surface area contributed by atoms with Crippen molar-refractivity contribution in [3.05, 3.63) is 65.4 Å². The molecule has 1 aromatic heterocycles. The molecule has 2 aromatic carbocycles. The average Bonchev–Trinajstić information content (AvgIpc) is 2.69. The zero-order valence-electron chi connectivity index (χ0n) is 14.2. The molecule has 0 fully saturated rings. The number of hydroxylamine groups is 1. The third-order valence-corrected chi connectivity index (χ3v) is 4.07. The van der Waals surface area contributed by atoms with Gasteiger partial charge in [-0.05, 0) is 48.9 Å². The molecular weight excluding hydrogens is 334 g/mol. The van der Waals surface area contributed by atoms with E-state index in [0.717, 1.165) is 10.9 Å². The summed E-state index contributed by atoms with van der Waals surface area (Å²) in [5.74, 6) is -0.198. The van der Waals surface area contributed by atoms with Gasteiger partial charge in [0.05, 0.1) is 18.2 Å². The molecule has 0 unspecified atom stereocenters. The fourth-order valence-corrected chi connectivity index (χ4v) is 2.61. The van der Waals surface area contributed by atoms with E-state index in [1.54, 1.807) is 55.1 Å². The van der Waals surface area contributed by atoms with Gasteiger partial charge in [0, 0.05) is 22.8 Å². The quantitative estimate of drug-likeness (QED) is 0.496. The van der Waals surface area contributed by atoms with Crippen LogP contribution >= 0.6 is 0 Å². The van der Waals surface area contributed by atoms with E-state index in [4.69, 9.17) is 9.94 Å².